The van der Waals surface area contributed by atoms with Crippen molar-refractivity contribution in [2.75, 3.05) is 0 Å². The van der Waals surface area contributed by atoms with Crippen molar-refractivity contribution in [2.24, 2.45) is 5.92 Å². The largest absolute Gasteiger partial charge is 0.480 e. The van der Waals surface area contributed by atoms with Crippen LogP contribution in [0.25, 0.3) is 0 Å². The van der Waals surface area contributed by atoms with E-state index in [1.807, 2.05) is 13.0 Å². The van der Waals surface area contributed by atoms with Crippen molar-refractivity contribution in [3.63, 3.8) is 0 Å². The quantitative estimate of drug-likeness (QED) is 0.844. The highest BCUT2D eigenvalue weighted by molar-refractivity contribution is 5.96. The highest BCUT2D eigenvalue weighted by atomic mass is 16.4. The third-order valence-corrected chi connectivity index (χ3v) is 3.04. The summed E-state index contributed by atoms with van der Waals surface area (Å²) in [6.07, 6.45) is 0.657. The number of nitriles is 1. The van der Waals surface area contributed by atoms with E-state index in [0.717, 1.165) is 0 Å². The normalized spacial score (nSPS) is 13.1. The van der Waals surface area contributed by atoms with Gasteiger partial charge in [0.2, 0.25) is 0 Å². The molecule has 0 saturated heterocycles. The molecule has 0 saturated carbocycles. The zero-order valence-electron chi connectivity index (χ0n) is 10.9. The molecule has 2 atom stereocenters. The van der Waals surface area contributed by atoms with Gasteiger partial charge in [0.1, 0.15) is 6.04 Å². The average molecular weight is 260 g/mol. The molecule has 100 valence electrons. The lowest BCUT2D eigenvalue weighted by Gasteiger charge is -2.20. The molecule has 0 fully saturated rings. The molecule has 0 aliphatic heterocycles. The molecule has 0 radical (unpaired) electrons. The van der Waals surface area contributed by atoms with Crippen molar-refractivity contribution >= 4 is 11.9 Å². The molecule has 1 rings (SSSR count). The number of aliphatic carboxylic acids is 1. The number of benzene rings is 1. The third kappa shape index (κ3) is 3.81. The van der Waals surface area contributed by atoms with Crippen molar-refractivity contribution in [3.05, 3.63) is 35.4 Å². The molecule has 0 heterocycles. The average Bonchev–Trinajstić information content (AvgIpc) is 2.43. The summed E-state index contributed by atoms with van der Waals surface area (Å²) in [4.78, 5) is 23.0. The molecule has 0 unspecified atom stereocenters. The van der Waals surface area contributed by atoms with E-state index in [4.69, 9.17) is 10.4 Å². The van der Waals surface area contributed by atoms with Crippen LogP contribution in [0.15, 0.2) is 24.3 Å². The highest BCUT2D eigenvalue weighted by Gasteiger charge is 2.25. The fourth-order valence-electron chi connectivity index (χ4n) is 1.60. The molecular formula is C14H16N2O3. The molecule has 1 aromatic rings. The van der Waals surface area contributed by atoms with Gasteiger partial charge in [-0.1, -0.05) is 20.3 Å². The van der Waals surface area contributed by atoms with Gasteiger partial charge >= 0.3 is 5.97 Å². The minimum Gasteiger partial charge on any atom is -0.480 e. The molecule has 1 aromatic carbocycles. The first kappa shape index (κ1) is 14.7. The van der Waals surface area contributed by atoms with E-state index in [1.54, 1.807) is 6.92 Å². The van der Waals surface area contributed by atoms with E-state index in [0.29, 0.717) is 17.5 Å². The number of carbonyl (C=O) groups excluding carboxylic acids is 1. The number of hydrogen-bond acceptors (Lipinski definition) is 3. The van der Waals surface area contributed by atoms with Crippen LogP contribution >= 0.6 is 0 Å². The van der Waals surface area contributed by atoms with E-state index < -0.39 is 17.9 Å². The SMILES string of the molecule is CC[C@H](C)[C@H](NC(=O)c1ccc(C#N)cc1)C(=O)O. The first-order valence-corrected chi connectivity index (χ1v) is 6.03. The summed E-state index contributed by atoms with van der Waals surface area (Å²) in [7, 11) is 0. The highest BCUT2D eigenvalue weighted by Crippen LogP contribution is 2.10. The van der Waals surface area contributed by atoms with Crippen LogP contribution in [0, 0.1) is 17.2 Å². The minimum atomic E-state index is -1.05. The van der Waals surface area contributed by atoms with Gasteiger partial charge in [0.15, 0.2) is 0 Å². The van der Waals surface area contributed by atoms with E-state index in [2.05, 4.69) is 5.32 Å². The van der Waals surface area contributed by atoms with Gasteiger partial charge in [0.05, 0.1) is 11.6 Å². The summed E-state index contributed by atoms with van der Waals surface area (Å²) in [6.45, 7) is 3.65. The lowest BCUT2D eigenvalue weighted by atomic mass is 9.99. The maximum Gasteiger partial charge on any atom is 0.326 e. The number of nitrogens with one attached hydrogen (secondary N) is 1. The number of carboxylic acid groups (broad SMARTS) is 1. The number of amides is 1. The van der Waals surface area contributed by atoms with Gasteiger partial charge in [-0.15, -0.1) is 0 Å². The fraction of sp³-hybridized carbons (Fsp3) is 0.357. The maximum absolute atomic E-state index is 11.9. The first-order chi connectivity index (χ1) is 8.99. The molecule has 0 aliphatic rings. The third-order valence-electron chi connectivity index (χ3n) is 3.04. The van der Waals surface area contributed by atoms with Crippen LogP contribution in [0.5, 0.6) is 0 Å². The van der Waals surface area contributed by atoms with Gasteiger partial charge in [0, 0.05) is 5.56 Å². The van der Waals surface area contributed by atoms with Gasteiger partial charge in [0.25, 0.3) is 5.91 Å². The van der Waals surface area contributed by atoms with E-state index in [-0.39, 0.29) is 5.92 Å². The molecule has 5 nitrogen and oxygen atoms in total. The molecule has 5 heteroatoms. The van der Waals surface area contributed by atoms with E-state index >= 15 is 0 Å². The second kappa shape index (κ2) is 6.55. The van der Waals surface area contributed by atoms with Gasteiger partial charge in [-0.2, -0.15) is 5.26 Å². The Bertz CT molecular complexity index is 502. The second-order valence-corrected chi connectivity index (χ2v) is 4.36. The number of hydrogen-bond donors (Lipinski definition) is 2. The fourth-order valence-corrected chi connectivity index (χ4v) is 1.60. The molecule has 0 aromatic heterocycles. The predicted molar refractivity (Wildman–Crippen MR) is 69.5 cm³/mol. The van der Waals surface area contributed by atoms with Crippen molar-refractivity contribution < 1.29 is 14.7 Å². The van der Waals surface area contributed by atoms with Crippen LogP contribution in [0.4, 0.5) is 0 Å². The first-order valence-electron chi connectivity index (χ1n) is 6.03. The van der Waals surface area contributed by atoms with Crippen molar-refractivity contribution in [2.45, 2.75) is 26.3 Å². The van der Waals surface area contributed by atoms with Gasteiger partial charge in [-0.25, -0.2) is 4.79 Å². The Balaban J connectivity index is 2.82. The molecule has 19 heavy (non-hydrogen) atoms. The molecule has 2 N–H and O–H groups in total. The zero-order valence-corrected chi connectivity index (χ0v) is 10.9. The lowest BCUT2D eigenvalue weighted by Crippen LogP contribution is -2.45. The maximum atomic E-state index is 11.9. The van der Waals surface area contributed by atoms with Crippen LogP contribution in [-0.4, -0.2) is 23.0 Å². The Hall–Kier alpha value is -2.35. The summed E-state index contributed by atoms with van der Waals surface area (Å²) < 4.78 is 0. The Kier molecular flexibility index (Phi) is 5.07. The Morgan fingerprint density at radius 3 is 2.37 bits per heavy atom. The molecule has 0 spiro atoms. The number of carbonyl (C=O) groups is 2. The molecule has 0 bridgehead atoms. The van der Waals surface area contributed by atoms with Gasteiger partial charge < -0.3 is 10.4 Å². The predicted octanol–water partition coefficient (Wildman–Crippen LogP) is 1.79. The number of carboxylic acids is 1. The second-order valence-electron chi connectivity index (χ2n) is 4.36. The van der Waals surface area contributed by atoms with Crippen molar-refractivity contribution in [1.82, 2.24) is 5.32 Å². The van der Waals surface area contributed by atoms with Crippen LogP contribution in [0.2, 0.25) is 0 Å². The Labute approximate surface area is 111 Å². The summed E-state index contributed by atoms with van der Waals surface area (Å²) in [5.41, 5.74) is 0.793. The van der Waals surface area contributed by atoms with Gasteiger partial charge in [-0.3, -0.25) is 4.79 Å². The summed E-state index contributed by atoms with van der Waals surface area (Å²) in [5, 5.41) is 20.3. The minimum absolute atomic E-state index is 0.153. The Morgan fingerprint density at radius 1 is 1.37 bits per heavy atom. The van der Waals surface area contributed by atoms with E-state index in [1.165, 1.54) is 24.3 Å². The summed E-state index contributed by atoms with van der Waals surface area (Å²) in [5.74, 6) is -1.65. The van der Waals surface area contributed by atoms with Crippen LogP contribution in [0.3, 0.4) is 0 Å². The molecule has 1 amide bonds. The van der Waals surface area contributed by atoms with Crippen LogP contribution in [-0.2, 0) is 4.79 Å². The van der Waals surface area contributed by atoms with Crippen LogP contribution < -0.4 is 5.32 Å². The number of rotatable bonds is 5. The van der Waals surface area contributed by atoms with Crippen molar-refractivity contribution in [1.29, 1.82) is 5.26 Å². The van der Waals surface area contributed by atoms with Crippen molar-refractivity contribution in [3.8, 4) is 6.07 Å². The van der Waals surface area contributed by atoms with Crippen LogP contribution in [0.1, 0.15) is 36.2 Å². The standard InChI is InChI=1S/C14H16N2O3/c1-3-9(2)12(14(18)19)16-13(17)11-6-4-10(8-15)5-7-11/h4-7,9,12H,3H2,1-2H3,(H,16,17)(H,18,19)/t9-,12-/m0/s1. The smallest absolute Gasteiger partial charge is 0.326 e. The molecular weight excluding hydrogens is 244 g/mol. The monoisotopic (exact) mass is 260 g/mol. The zero-order chi connectivity index (χ0) is 14.4. The number of nitrogens with zero attached hydrogens (tertiary/aromatic N) is 1. The van der Waals surface area contributed by atoms with Gasteiger partial charge in [-0.05, 0) is 30.2 Å². The van der Waals surface area contributed by atoms with E-state index in [9.17, 15) is 9.59 Å². The summed E-state index contributed by atoms with van der Waals surface area (Å²) >= 11 is 0. The molecule has 0 aliphatic carbocycles. The Morgan fingerprint density at radius 2 is 1.95 bits per heavy atom. The lowest BCUT2D eigenvalue weighted by molar-refractivity contribution is -0.140. The summed E-state index contributed by atoms with van der Waals surface area (Å²) in [6, 6.07) is 7.09. The topological polar surface area (TPSA) is 90.2 Å².